The summed E-state index contributed by atoms with van der Waals surface area (Å²) in [6, 6.07) is 5.47. The summed E-state index contributed by atoms with van der Waals surface area (Å²) in [5, 5.41) is 0. The third kappa shape index (κ3) is 4.84. The smallest absolute Gasteiger partial charge is 0.179 e. The lowest BCUT2D eigenvalue weighted by Gasteiger charge is -2.12. The van der Waals surface area contributed by atoms with Gasteiger partial charge in [0, 0.05) is 10.6 Å². The molecular weight excluding hydrogens is 265 g/mol. The van der Waals surface area contributed by atoms with E-state index in [2.05, 4.69) is 19.6 Å². The molecule has 0 heterocycles. The minimum atomic E-state index is -4.26. The second-order valence-corrected chi connectivity index (χ2v) is 5.25. The summed E-state index contributed by atoms with van der Waals surface area (Å²) in [6.45, 7) is 2.06. The molecule has 0 N–H and O–H groups in total. The van der Waals surface area contributed by atoms with Crippen LogP contribution < -0.4 is 0 Å². The molecule has 5 heteroatoms. The third-order valence-corrected chi connectivity index (χ3v) is 4.22. The van der Waals surface area contributed by atoms with Gasteiger partial charge in [0.25, 0.3) is 0 Å². The molecule has 1 aromatic rings. The number of thioether (sulfide) groups is 1. The van der Waals surface area contributed by atoms with Gasteiger partial charge in [-0.25, -0.2) is 0 Å². The van der Waals surface area contributed by atoms with Crippen LogP contribution in [0.3, 0.4) is 0 Å². The summed E-state index contributed by atoms with van der Waals surface area (Å²) in [5.74, 6) is 2.02. The monoisotopic (exact) mass is 280 g/mol. The summed E-state index contributed by atoms with van der Waals surface area (Å²) >= 11 is 5.67. The first-order valence-corrected chi connectivity index (χ1v) is 7.00. The van der Waals surface area contributed by atoms with Crippen LogP contribution in [0.25, 0.3) is 0 Å². The lowest BCUT2D eigenvalue weighted by Crippen LogP contribution is -2.05. The molecule has 0 saturated carbocycles. The molecule has 0 saturated heterocycles. The average Bonchev–Trinajstić information content (AvgIpc) is 2.30. The van der Waals surface area contributed by atoms with Gasteiger partial charge in [-0.3, -0.25) is 0 Å². The molecule has 0 aliphatic rings. The fraction of sp³-hybridized carbons (Fsp3) is 0.500. The highest BCUT2D eigenvalue weighted by atomic mass is 32.2. The van der Waals surface area contributed by atoms with Crippen LogP contribution in [0.4, 0.5) is 13.2 Å². The van der Waals surface area contributed by atoms with Gasteiger partial charge in [0.15, 0.2) is 0 Å². The SMILES string of the molecule is CCC(CS)CSc1cccc(C(F)(F)F)c1. The average molecular weight is 280 g/mol. The summed E-state index contributed by atoms with van der Waals surface area (Å²) in [7, 11) is 0. The van der Waals surface area contributed by atoms with E-state index in [1.54, 1.807) is 6.07 Å². The van der Waals surface area contributed by atoms with Crippen molar-refractivity contribution in [3.05, 3.63) is 29.8 Å². The van der Waals surface area contributed by atoms with E-state index in [1.165, 1.54) is 23.9 Å². The lowest BCUT2D eigenvalue weighted by molar-refractivity contribution is -0.137. The van der Waals surface area contributed by atoms with Crippen molar-refractivity contribution in [2.75, 3.05) is 11.5 Å². The molecule has 0 bridgehead atoms. The maximum absolute atomic E-state index is 12.5. The van der Waals surface area contributed by atoms with Crippen LogP contribution in [0, 0.1) is 5.92 Å². The Kier molecular flexibility index (Phi) is 5.73. The highest BCUT2D eigenvalue weighted by Crippen LogP contribution is 2.32. The molecule has 1 aromatic carbocycles. The lowest BCUT2D eigenvalue weighted by atomic mass is 10.2. The Morgan fingerprint density at radius 1 is 1.35 bits per heavy atom. The Bertz CT molecular complexity index is 346. The maximum atomic E-state index is 12.5. The Hall–Kier alpha value is -0.290. The van der Waals surface area contributed by atoms with Crippen molar-refractivity contribution in [1.29, 1.82) is 0 Å². The number of benzene rings is 1. The van der Waals surface area contributed by atoms with Crippen molar-refractivity contribution >= 4 is 24.4 Å². The van der Waals surface area contributed by atoms with E-state index in [-0.39, 0.29) is 0 Å². The largest absolute Gasteiger partial charge is 0.416 e. The topological polar surface area (TPSA) is 0 Å². The standard InChI is InChI=1S/C12H15F3S2/c1-2-9(7-16)8-17-11-5-3-4-10(6-11)12(13,14)15/h3-6,9,16H,2,7-8H2,1H3. The summed E-state index contributed by atoms with van der Waals surface area (Å²) in [5.41, 5.74) is -0.582. The van der Waals surface area contributed by atoms with Crippen molar-refractivity contribution in [3.8, 4) is 0 Å². The molecule has 96 valence electrons. The predicted octanol–water partition coefficient (Wildman–Crippen LogP) is 4.75. The molecule has 17 heavy (non-hydrogen) atoms. The summed E-state index contributed by atoms with van der Waals surface area (Å²) < 4.78 is 37.4. The zero-order valence-electron chi connectivity index (χ0n) is 9.50. The molecule has 0 spiro atoms. The molecule has 0 fully saturated rings. The van der Waals surface area contributed by atoms with Crippen LogP contribution in [-0.4, -0.2) is 11.5 Å². The minimum Gasteiger partial charge on any atom is -0.179 e. The van der Waals surface area contributed by atoms with Gasteiger partial charge in [0.2, 0.25) is 0 Å². The number of alkyl halides is 3. The van der Waals surface area contributed by atoms with Gasteiger partial charge in [-0.15, -0.1) is 11.8 Å². The molecule has 0 radical (unpaired) electrons. The zero-order chi connectivity index (χ0) is 12.9. The number of hydrogen-bond donors (Lipinski definition) is 1. The molecule has 1 rings (SSSR count). The van der Waals surface area contributed by atoms with Crippen molar-refractivity contribution in [2.24, 2.45) is 5.92 Å². The molecular formula is C12H15F3S2. The predicted molar refractivity (Wildman–Crippen MR) is 69.8 cm³/mol. The highest BCUT2D eigenvalue weighted by molar-refractivity contribution is 7.99. The number of thiol groups is 1. The zero-order valence-corrected chi connectivity index (χ0v) is 11.2. The van der Waals surface area contributed by atoms with Crippen molar-refractivity contribution in [3.63, 3.8) is 0 Å². The van der Waals surface area contributed by atoms with Gasteiger partial charge in [-0.1, -0.05) is 19.4 Å². The Morgan fingerprint density at radius 2 is 2.06 bits per heavy atom. The Balaban J connectivity index is 2.66. The van der Waals surface area contributed by atoms with E-state index < -0.39 is 11.7 Å². The maximum Gasteiger partial charge on any atom is 0.416 e. The third-order valence-electron chi connectivity index (χ3n) is 2.48. The first-order valence-electron chi connectivity index (χ1n) is 5.38. The first-order chi connectivity index (χ1) is 7.97. The van der Waals surface area contributed by atoms with Gasteiger partial charge in [-0.05, 0) is 29.9 Å². The van der Waals surface area contributed by atoms with E-state index in [0.717, 1.165) is 24.0 Å². The van der Waals surface area contributed by atoms with Crippen LogP contribution in [0.2, 0.25) is 0 Å². The second kappa shape index (κ2) is 6.59. The molecule has 0 aliphatic carbocycles. The van der Waals surface area contributed by atoms with E-state index in [0.29, 0.717) is 10.8 Å². The van der Waals surface area contributed by atoms with Crippen LogP contribution in [0.1, 0.15) is 18.9 Å². The van der Waals surface area contributed by atoms with Crippen molar-refractivity contribution in [2.45, 2.75) is 24.4 Å². The van der Waals surface area contributed by atoms with Gasteiger partial charge in [0.1, 0.15) is 0 Å². The fourth-order valence-corrected chi connectivity index (χ4v) is 3.00. The van der Waals surface area contributed by atoms with Crippen LogP contribution in [-0.2, 0) is 6.18 Å². The summed E-state index contributed by atoms with van der Waals surface area (Å²) in [4.78, 5) is 0.667. The Morgan fingerprint density at radius 3 is 2.59 bits per heavy atom. The number of rotatable bonds is 5. The van der Waals surface area contributed by atoms with Crippen LogP contribution >= 0.6 is 24.4 Å². The van der Waals surface area contributed by atoms with Crippen LogP contribution in [0.5, 0.6) is 0 Å². The van der Waals surface area contributed by atoms with Gasteiger partial charge in [-0.2, -0.15) is 25.8 Å². The molecule has 0 aromatic heterocycles. The van der Waals surface area contributed by atoms with E-state index in [1.807, 2.05) is 0 Å². The second-order valence-electron chi connectivity index (χ2n) is 3.79. The molecule has 0 nitrogen and oxygen atoms in total. The van der Waals surface area contributed by atoms with Crippen molar-refractivity contribution in [1.82, 2.24) is 0 Å². The molecule has 1 unspecified atom stereocenters. The van der Waals surface area contributed by atoms with Crippen LogP contribution in [0.15, 0.2) is 29.2 Å². The van der Waals surface area contributed by atoms with E-state index in [4.69, 9.17) is 0 Å². The number of halogens is 3. The van der Waals surface area contributed by atoms with E-state index in [9.17, 15) is 13.2 Å². The van der Waals surface area contributed by atoms with Crippen molar-refractivity contribution < 1.29 is 13.2 Å². The van der Waals surface area contributed by atoms with Gasteiger partial charge < -0.3 is 0 Å². The van der Waals surface area contributed by atoms with Gasteiger partial charge in [0.05, 0.1) is 5.56 Å². The molecule has 0 amide bonds. The molecule has 0 aliphatic heterocycles. The van der Waals surface area contributed by atoms with Gasteiger partial charge >= 0.3 is 6.18 Å². The molecule has 1 atom stereocenters. The minimum absolute atomic E-state index is 0.442. The summed E-state index contributed by atoms with van der Waals surface area (Å²) in [6.07, 6.45) is -3.26. The highest BCUT2D eigenvalue weighted by Gasteiger charge is 2.30. The first kappa shape index (κ1) is 14.8. The van der Waals surface area contributed by atoms with E-state index >= 15 is 0 Å². The Labute approximate surface area is 109 Å². The number of hydrogen-bond acceptors (Lipinski definition) is 2. The fourth-order valence-electron chi connectivity index (χ4n) is 1.28. The quantitative estimate of drug-likeness (QED) is 0.599. The normalized spacial score (nSPS) is 13.7.